The highest BCUT2D eigenvalue weighted by molar-refractivity contribution is 6.78. The zero-order chi connectivity index (χ0) is 24.9. The number of ether oxygens (including phenoxy) is 1. The van der Waals surface area contributed by atoms with Crippen LogP contribution in [-0.2, 0) is 15.8 Å². The first-order valence-corrected chi connectivity index (χ1v) is 14.5. The van der Waals surface area contributed by atoms with Crippen LogP contribution in [0.4, 0.5) is 10.5 Å². The van der Waals surface area contributed by atoms with E-state index in [9.17, 15) is 4.79 Å². The number of para-hydroxylation sites is 1. The molecule has 1 amide bonds. The normalized spacial score (nSPS) is 15.9. The molecule has 34 heavy (non-hydrogen) atoms. The second-order valence-corrected chi connectivity index (χ2v) is 15.3. The summed E-state index contributed by atoms with van der Waals surface area (Å²) in [6.07, 6.45) is 4.20. The molecule has 0 saturated carbocycles. The number of fused-ring (bicyclic) bond motifs is 1. The van der Waals surface area contributed by atoms with E-state index < -0.39 is 8.32 Å². The lowest BCUT2D eigenvalue weighted by molar-refractivity contribution is 0.145. The second-order valence-electron chi connectivity index (χ2n) is 9.97. The third-order valence-electron chi connectivity index (χ3n) is 6.91. The number of amides is 1. The Bertz CT molecular complexity index is 991. The van der Waals surface area contributed by atoms with Gasteiger partial charge in [0.05, 0.1) is 11.7 Å². The maximum atomic E-state index is 13.3. The summed E-state index contributed by atoms with van der Waals surface area (Å²) in [5, 5.41) is 0. The molecule has 0 bridgehead atoms. The van der Waals surface area contributed by atoms with Gasteiger partial charge in [0.1, 0.15) is 12.4 Å². The summed E-state index contributed by atoms with van der Waals surface area (Å²) >= 11 is 0. The SMILES string of the molecule is C=CCC1C=C(O[Si](C(C)C)(C(C)C)C(C)C)c2ccccc2N1C(=O)OCc1ccccc1. The highest BCUT2D eigenvalue weighted by atomic mass is 28.4. The van der Waals surface area contributed by atoms with Gasteiger partial charge in [-0.25, -0.2) is 4.79 Å². The minimum Gasteiger partial charge on any atom is -0.542 e. The van der Waals surface area contributed by atoms with Gasteiger partial charge in [-0.2, -0.15) is 0 Å². The number of anilines is 1. The van der Waals surface area contributed by atoms with E-state index in [4.69, 9.17) is 9.16 Å². The number of hydrogen-bond acceptors (Lipinski definition) is 3. The first-order valence-electron chi connectivity index (χ1n) is 12.3. The number of nitrogens with zero attached hydrogens (tertiary/aromatic N) is 1. The third kappa shape index (κ3) is 5.14. The molecule has 2 aromatic rings. The Morgan fingerprint density at radius 1 is 0.971 bits per heavy atom. The van der Waals surface area contributed by atoms with E-state index in [1.807, 2.05) is 60.7 Å². The Morgan fingerprint density at radius 2 is 1.56 bits per heavy atom. The molecule has 1 heterocycles. The molecule has 4 nitrogen and oxygen atoms in total. The molecule has 1 aliphatic rings. The Labute approximate surface area is 206 Å². The van der Waals surface area contributed by atoms with E-state index in [2.05, 4.69) is 54.2 Å². The van der Waals surface area contributed by atoms with Crippen molar-refractivity contribution in [2.45, 2.75) is 77.2 Å². The summed E-state index contributed by atoms with van der Waals surface area (Å²) in [4.78, 5) is 15.1. The second kappa shape index (κ2) is 11.1. The van der Waals surface area contributed by atoms with E-state index in [1.54, 1.807) is 4.90 Å². The van der Waals surface area contributed by atoms with Gasteiger partial charge in [-0.3, -0.25) is 4.90 Å². The highest BCUT2D eigenvalue weighted by Gasteiger charge is 2.48. The molecule has 0 spiro atoms. The van der Waals surface area contributed by atoms with Gasteiger partial charge >= 0.3 is 6.09 Å². The van der Waals surface area contributed by atoms with Crippen molar-refractivity contribution >= 4 is 25.9 Å². The zero-order valence-corrected chi connectivity index (χ0v) is 22.5. The van der Waals surface area contributed by atoms with Gasteiger partial charge in [0, 0.05) is 5.56 Å². The van der Waals surface area contributed by atoms with Crippen molar-refractivity contribution in [3.8, 4) is 0 Å². The van der Waals surface area contributed by atoms with Gasteiger partial charge in [-0.15, -0.1) is 6.58 Å². The van der Waals surface area contributed by atoms with Crippen molar-refractivity contribution in [3.05, 3.63) is 84.5 Å². The van der Waals surface area contributed by atoms with Crippen LogP contribution in [0.2, 0.25) is 16.6 Å². The van der Waals surface area contributed by atoms with Crippen molar-refractivity contribution in [2.75, 3.05) is 4.90 Å². The fourth-order valence-corrected chi connectivity index (χ4v) is 10.7. The van der Waals surface area contributed by atoms with Crippen molar-refractivity contribution in [1.29, 1.82) is 0 Å². The largest absolute Gasteiger partial charge is 0.542 e. The zero-order valence-electron chi connectivity index (χ0n) is 21.5. The summed E-state index contributed by atoms with van der Waals surface area (Å²) in [7, 11) is -2.17. The van der Waals surface area contributed by atoms with Crippen LogP contribution >= 0.6 is 0 Å². The first-order chi connectivity index (χ1) is 16.2. The average Bonchev–Trinajstić information content (AvgIpc) is 2.81. The van der Waals surface area contributed by atoms with Crippen LogP contribution in [0.3, 0.4) is 0 Å². The molecule has 1 aliphatic heterocycles. The van der Waals surface area contributed by atoms with Crippen LogP contribution in [0, 0.1) is 0 Å². The molecule has 1 unspecified atom stereocenters. The van der Waals surface area contributed by atoms with Gasteiger partial charge in [0.2, 0.25) is 0 Å². The lowest BCUT2D eigenvalue weighted by Crippen LogP contribution is -2.48. The Hall–Kier alpha value is -2.79. The minimum atomic E-state index is -2.17. The Morgan fingerprint density at radius 3 is 2.15 bits per heavy atom. The molecule has 3 rings (SSSR count). The lowest BCUT2D eigenvalue weighted by Gasteiger charge is -2.45. The minimum absolute atomic E-state index is 0.219. The van der Waals surface area contributed by atoms with Crippen LogP contribution in [0.5, 0.6) is 0 Å². The standard InChI is InChI=1S/C29H39NO3Si/c1-8-14-25-19-28(33-34(21(2)3,22(4)5)23(6)7)26-17-12-13-18-27(26)30(25)29(31)32-20-24-15-10-9-11-16-24/h8-13,15-19,21-23,25H,1,14,20H2,2-7H3. The maximum absolute atomic E-state index is 13.3. The number of carbonyl (C=O) groups is 1. The topological polar surface area (TPSA) is 38.8 Å². The van der Waals surface area contributed by atoms with Crippen molar-refractivity contribution in [1.82, 2.24) is 0 Å². The van der Waals surface area contributed by atoms with Gasteiger partial charge in [-0.05, 0) is 46.8 Å². The van der Waals surface area contributed by atoms with Crippen LogP contribution < -0.4 is 4.90 Å². The summed E-state index contributed by atoms with van der Waals surface area (Å²) in [6.45, 7) is 17.9. The van der Waals surface area contributed by atoms with Gasteiger partial charge in [0.15, 0.2) is 0 Å². The van der Waals surface area contributed by atoms with E-state index in [1.165, 1.54) is 0 Å². The Kier molecular flexibility index (Phi) is 8.42. The van der Waals surface area contributed by atoms with E-state index in [-0.39, 0.29) is 18.7 Å². The molecule has 1 atom stereocenters. The quantitative estimate of drug-likeness (QED) is 0.269. The number of benzene rings is 2. The molecule has 0 aliphatic carbocycles. The average molecular weight is 478 g/mol. The van der Waals surface area contributed by atoms with Crippen LogP contribution in [0.25, 0.3) is 5.76 Å². The highest BCUT2D eigenvalue weighted by Crippen LogP contribution is 2.47. The van der Waals surface area contributed by atoms with E-state index >= 15 is 0 Å². The smallest absolute Gasteiger partial charge is 0.415 e. The molecular formula is C29H39NO3Si. The predicted molar refractivity (Wildman–Crippen MR) is 144 cm³/mol. The number of hydrogen-bond donors (Lipinski definition) is 0. The lowest BCUT2D eigenvalue weighted by atomic mass is 9.99. The summed E-state index contributed by atoms with van der Waals surface area (Å²) < 4.78 is 12.9. The first kappa shape index (κ1) is 25.8. The van der Waals surface area contributed by atoms with Crippen molar-refractivity contribution in [3.63, 3.8) is 0 Å². The summed E-state index contributed by atoms with van der Waals surface area (Å²) in [5.41, 5.74) is 4.08. The number of carbonyl (C=O) groups excluding carboxylic acids is 1. The monoisotopic (exact) mass is 477 g/mol. The maximum Gasteiger partial charge on any atom is 0.415 e. The van der Waals surface area contributed by atoms with E-state index in [0.717, 1.165) is 22.6 Å². The third-order valence-corrected chi connectivity index (χ3v) is 12.9. The van der Waals surface area contributed by atoms with Crippen LogP contribution in [-0.4, -0.2) is 20.5 Å². The van der Waals surface area contributed by atoms with Crippen LogP contribution in [0.1, 0.15) is 59.1 Å². The molecule has 2 aromatic carbocycles. The molecule has 0 aromatic heterocycles. The summed E-state index contributed by atoms with van der Waals surface area (Å²) in [5.74, 6) is 0.886. The predicted octanol–water partition coefficient (Wildman–Crippen LogP) is 8.32. The number of rotatable bonds is 9. The fourth-order valence-electron chi connectivity index (χ4n) is 5.41. The molecular weight excluding hydrogens is 438 g/mol. The molecule has 5 heteroatoms. The Balaban J connectivity index is 2.00. The molecule has 0 N–H and O–H groups in total. The van der Waals surface area contributed by atoms with E-state index in [0.29, 0.717) is 23.0 Å². The molecule has 182 valence electrons. The van der Waals surface area contributed by atoms with Crippen molar-refractivity contribution < 1.29 is 14.0 Å². The fraction of sp³-hybridized carbons (Fsp3) is 0.414. The van der Waals surface area contributed by atoms with Gasteiger partial charge < -0.3 is 9.16 Å². The van der Waals surface area contributed by atoms with Crippen molar-refractivity contribution in [2.24, 2.45) is 0 Å². The molecule has 0 radical (unpaired) electrons. The van der Waals surface area contributed by atoms with Gasteiger partial charge in [0.25, 0.3) is 8.32 Å². The molecule has 0 saturated heterocycles. The van der Waals surface area contributed by atoms with Crippen LogP contribution in [0.15, 0.2) is 73.3 Å². The van der Waals surface area contributed by atoms with Gasteiger partial charge in [-0.1, -0.05) is 90.1 Å². The molecule has 0 fully saturated rings. The summed E-state index contributed by atoms with van der Waals surface area (Å²) in [6, 6.07) is 17.5.